The molecule has 1 heterocycles. The number of hydrogen-bond acceptors (Lipinski definition) is 7. The van der Waals surface area contributed by atoms with Gasteiger partial charge < -0.3 is 9.15 Å². The molecule has 0 unspecified atom stereocenters. The van der Waals surface area contributed by atoms with E-state index in [9.17, 15) is 18.8 Å². The minimum absolute atomic E-state index is 0.109. The molecule has 0 saturated heterocycles. The third-order valence-electron chi connectivity index (χ3n) is 3.39. The Kier molecular flexibility index (Phi) is 6.22. The number of nitrogens with zero attached hydrogens (tertiary/aromatic N) is 1. The zero-order valence-corrected chi connectivity index (χ0v) is 15.1. The van der Waals surface area contributed by atoms with Gasteiger partial charge in [0.1, 0.15) is 17.1 Å². The van der Waals surface area contributed by atoms with Crippen LogP contribution in [0.4, 0.5) is 4.39 Å². The van der Waals surface area contributed by atoms with E-state index in [1.807, 2.05) is 16.9 Å². The maximum Gasteiger partial charge on any atom is 0.316 e. The molecule has 0 atom stereocenters. The zero-order chi connectivity index (χ0) is 19.9. The molecule has 0 saturated carbocycles. The summed E-state index contributed by atoms with van der Waals surface area (Å²) >= 11 is 1.03. The lowest BCUT2D eigenvalue weighted by Gasteiger charge is -2.08. The molecule has 0 spiro atoms. The molecule has 2 aromatic carbocycles. The number of thioether (sulfide) groups is 1. The molecule has 0 aliphatic rings. The fraction of sp³-hybridized carbons (Fsp3) is 0.111. The first-order chi connectivity index (χ1) is 13.5. The minimum atomic E-state index is -0.829. The number of ether oxygens (including phenoxy) is 1. The normalized spacial score (nSPS) is 10.5. The van der Waals surface area contributed by atoms with Gasteiger partial charge in [-0.1, -0.05) is 36.0 Å². The predicted molar refractivity (Wildman–Crippen MR) is 97.7 cm³/mol. The van der Waals surface area contributed by atoms with E-state index in [0.29, 0.717) is 16.3 Å². The SMILES string of the molecule is O=C(COC(=O)CSc1nc2ccccc2o1)NNC(=O)c1ccccc1F. The van der Waals surface area contributed by atoms with Crippen molar-refractivity contribution in [2.75, 3.05) is 12.4 Å². The summed E-state index contributed by atoms with van der Waals surface area (Å²) in [7, 11) is 0. The van der Waals surface area contributed by atoms with E-state index < -0.39 is 30.2 Å². The second kappa shape index (κ2) is 9.00. The van der Waals surface area contributed by atoms with Crippen molar-refractivity contribution in [3.05, 3.63) is 59.9 Å². The van der Waals surface area contributed by atoms with Gasteiger partial charge in [-0.05, 0) is 24.3 Å². The summed E-state index contributed by atoms with van der Waals surface area (Å²) in [6.45, 7) is -0.607. The van der Waals surface area contributed by atoms with Gasteiger partial charge in [0.05, 0.1) is 5.56 Å². The number of carbonyl (C=O) groups is 3. The molecular formula is C18H14FN3O5S. The maximum absolute atomic E-state index is 13.5. The van der Waals surface area contributed by atoms with E-state index in [4.69, 9.17) is 9.15 Å². The van der Waals surface area contributed by atoms with Gasteiger partial charge in [0.25, 0.3) is 17.0 Å². The number of para-hydroxylation sites is 2. The lowest BCUT2D eigenvalue weighted by molar-refractivity contribution is -0.146. The molecule has 0 radical (unpaired) electrons. The number of aromatic nitrogens is 1. The highest BCUT2D eigenvalue weighted by Crippen LogP contribution is 2.23. The Morgan fingerprint density at radius 3 is 2.61 bits per heavy atom. The van der Waals surface area contributed by atoms with Crippen LogP contribution < -0.4 is 10.9 Å². The van der Waals surface area contributed by atoms with Crippen LogP contribution in [0.3, 0.4) is 0 Å². The summed E-state index contributed by atoms with van der Waals surface area (Å²) in [5.41, 5.74) is 5.11. The number of benzene rings is 2. The van der Waals surface area contributed by atoms with Crippen molar-refractivity contribution in [3.63, 3.8) is 0 Å². The predicted octanol–water partition coefficient (Wildman–Crippen LogP) is 2.06. The molecule has 2 N–H and O–H groups in total. The van der Waals surface area contributed by atoms with Crippen LogP contribution in [0.25, 0.3) is 11.1 Å². The van der Waals surface area contributed by atoms with Crippen molar-refractivity contribution in [1.82, 2.24) is 15.8 Å². The van der Waals surface area contributed by atoms with Crippen molar-refractivity contribution in [3.8, 4) is 0 Å². The van der Waals surface area contributed by atoms with E-state index >= 15 is 0 Å². The molecule has 0 aliphatic heterocycles. The summed E-state index contributed by atoms with van der Waals surface area (Å²) in [6, 6.07) is 12.5. The number of carbonyl (C=O) groups excluding carboxylic acids is 3. The highest BCUT2D eigenvalue weighted by molar-refractivity contribution is 7.99. The molecule has 28 heavy (non-hydrogen) atoms. The first-order valence-electron chi connectivity index (χ1n) is 8.00. The Hall–Kier alpha value is -3.40. The number of rotatable bonds is 6. The lowest BCUT2D eigenvalue weighted by Crippen LogP contribution is -2.43. The maximum atomic E-state index is 13.5. The molecule has 8 nitrogen and oxygen atoms in total. The molecule has 3 aromatic rings. The second-order valence-electron chi connectivity index (χ2n) is 5.38. The van der Waals surface area contributed by atoms with Gasteiger partial charge in [0.15, 0.2) is 12.2 Å². The van der Waals surface area contributed by atoms with Crippen LogP contribution >= 0.6 is 11.8 Å². The average Bonchev–Trinajstić information content (AvgIpc) is 3.12. The van der Waals surface area contributed by atoms with Crippen LogP contribution in [-0.2, 0) is 14.3 Å². The van der Waals surface area contributed by atoms with Crippen molar-refractivity contribution in [2.24, 2.45) is 0 Å². The van der Waals surface area contributed by atoms with Crippen LogP contribution in [0.2, 0.25) is 0 Å². The minimum Gasteiger partial charge on any atom is -0.455 e. The quantitative estimate of drug-likeness (QED) is 0.368. The van der Waals surface area contributed by atoms with Crippen LogP contribution in [0.1, 0.15) is 10.4 Å². The van der Waals surface area contributed by atoms with Gasteiger partial charge in [-0.25, -0.2) is 9.37 Å². The number of oxazole rings is 1. The van der Waals surface area contributed by atoms with Crippen molar-refractivity contribution in [1.29, 1.82) is 0 Å². The van der Waals surface area contributed by atoms with Gasteiger partial charge in [-0.3, -0.25) is 25.2 Å². The van der Waals surface area contributed by atoms with E-state index in [2.05, 4.69) is 4.98 Å². The summed E-state index contributed by atoms with van der Waals surface area (Å²) < 4.78 is 23.7. The molecule has 0 aliphatic carbocycles. The number of fused-ring (bicyclic) bond motifs is 1. The Bertz CT molecular complexity index is 990. The fourth-order valence-electron chi connectivity index (χ4n) is 2.10. The van der Waals surface area contributed by atoms with Crippen LogP contribution in [0.5, 0.6) is 0 Å². The molecule has 10 heteroatoms. The molecular weight excluding hydrogens is 389 g/mol. The van der Waals surface area contributed by atoms with Gasteiger partial charge in [0.2, 0.25) is 0 Å². The summed E-state index contributed by atoms with van der Waals surface area (Å²) in [6.07, 6.45) is 0. The number of halogens is 1. The van der Waals surface area contributed by atoms with E-state index in [1.54, 1.807) is 18.2 Å². The Morgan fingerprint density at radius 1 is 1.07 bits per heavy atom. The molecule has 0 bridgehead atoms. The van der Waals surface area contributed by atoms with Gasteiger partial charge in [-0.15, -0.1) is 0 Å². The second-order valence-corrected chi connectivity index (χ2v) is 6.31. The van der Waals surface area contributed by atoms with Gasteiger partial charge in [-0.2, -0.15) is 0 Å². The third-order valence-corrected chi connectivity index (χ3v) is 4.19. The van der Waals surface area contributed by atoms with Crippen molar-refractivity contribution >= 4 is 40.6 Å². The monoisotopic (exact) mass is 403 g/mol. The van der Waals surface area contributed by atoms with Crippen molar-refractivity contribution < 1.29 is 27.9 Å². The van der Waals surface area contributed by atoms with Crippen LogP contribution in [0, 0.1) is 5.82 Å². The number of hydrazine groups is 1. The highest BCUT2D eigenvalue weighted by atomic mass is 32.2. The zero-order valence-electron chi connectivity index (χ0n) is 14.3. The standard InChI is InChI=1S/C18H14FN3O5S/c19-12-6-2-1-5-11(12)17(25)22-21-15(23)9-26-16(24)10-28-18-20-13-7-3-4-8-14(13)27-18/h1-8H,9-10H2,(H,21,23)(H,22,25). The van der Waals surface area contributed by atoms with E-state index in [-0.39, 0.29) is 11.3 Å². The smallest absolute Gasteiger partial charge is 0.316 e. The van der Waals surface area contributed by atoms with E-state index in [1.165, 1.54) is 18.2 Å². The Labute approximate surface area is 162 Å². The molecule has 144 valence electrons. The molecule has 2 amide bonds. The van der Waals surface area contributed by atoms with Crippen LogP contribution in [0.15, 0.2) is 58.2 Å². The summed E-state index contributed by atoms with van der Waals surface area (Å²) in [4.78, 5) is 39.3. The van der Waals surface area contributed by atoms with Gasteiger partial charge >= 0.3 is 5.97 Å². The molecule has 0 fully saturated rings. The summed E-state index contributed by atoms with van der Waals surface area (Å²) in [5.74, 6) is -3.10. The highest BCUT2D eigenvalue weighted by Gasteiger charge is 2.14. The summed E-state index contributed by atoms with van der Waals surface area (Å²) in [5, 5.41) is 0.305. The van der Waals surface area contributed by atoms with Crippen LogP contribution in [-0.4, -0.2) is 35.1 Å². The van der Waals surface area contributed by atoms with Gasteiger partial charge in [0, 0.05) is 0 Å². The number of nitrogens with one attached hydrogen (secondary N) is 2. The largest absolute Gasteiger partial charge is 0.455 e. The number of hydrogen-bond donors (Lipinski definition) is 2. The lowest BCUT2D eigenvalue weighted by atomic mass is 10.2. The topological polar surface area (TPSA) is 111 Å². The van der Waals surface area contributed by atoms with Crippen molar-refractivity contribution in [2.45, 2.75) is 5.22 Å². The Balaban J connectivity index is 1.38. The number of amides is 2. The third kappa shape index (κ3) is 5.07. The fourth-order valence-corrected chi connectivity index (χ4v) is 2.73. The first kappa shape index (κ1) is 19.4. The average molecular weight is 403 g/mol. The Morgan fingerprint density at radius 2 is 1.82 bits per heavy atom. The molecule has 1 aromatic heterocycles. The molecule has 3 rings (SSSR count). The first-order valence-corrected chi connectivity index (χ1v) is 8.99. The number of esters is 1. The van der Waals surface area contributed by atoms with E-state index in [0.717, 1.165) is 17.8 Å².